The highest BCUT2D eigenvalue weighted by atomic mass is 16.5. The third kappa shape index (κ3) is 3.53. The molecule has 6 nitrogen and oxygen atoms in total. The molecule has 1 fully saturated rings. The first kappa shape index (κ1) is 16.4. The number of piperazine rings is 1. The van der Waals surface area contributed by atoms with E-state index in [4.69, 9.17) is 4.52 Å². The van der Waals surface area contributed by atoms with Gasteiger partial charge in [-0.2, -0.15) is 0 Å². The predicted molar refractivity (Wildman–Crippen MR) is 93.2 cm³/mol. The van der Waals surface area contributed by atoms with Crippen LogP contribution >= 0.6 is 0 Å². The fourth-order valence-corrected chi connectivity index (χ4v) is 3.01. The quantitative estimate of drug-likeness (QED) is 0.941. The Morgan fingerprint density at radius 3 is 2.62 bits per heavy atom. The van der Waals surface area contributed by atoms with E-state index in [1.807, 2.05) is 17.9 Å². The van der Waals surface area contributed by atoms with Gasteiger partial charge >= 0.3 is 6.03 Å². The molecule has 128 valence electrons. The number of aromatic nitrogens is 1. The van der Waals surface area contributed by atoms with Crippen molar-refractivity contribution in [1.82, 2.24) is 15.4 Å². The number of amides is 2. The number of nitrogens with zero attached hydrogens (tertiary/aromatic N) is 3. The lowest BCUT2D eigenvalue weighted by atomic mass is 10.1. The molecule has 24 heavy (non-hydrogen) atoms. The number of urea groups is 1. The van der Waals surface area contributed by atoms with Crippen LogP contribution in [0.3, 0.4) is 0 Å². The Bertz CT molecular complexity index is 718. The number of benzene rings is 1. The van der Waals surface area contributed by atoms with Crippen molar-refractivity contribution in [1.29, 1.82) is 0 Å². The summed E-state index contributed by atoms with van der Waals surface area (Å²) < 4.78 is 5.00. The summed E-state index contributed by atoms with van der Waals surface area (Å²) in [5, 5.41) is 6.79. The summed E-state index contributed by atoms with van der Waals surface area (Å²) in [6.07, 6.45) is 0. The second-order valence-corrected chi connectivity index (χ2v) is 6.28. The lowest BCUT2D eigenvalue weighted by Crippen LogP contribution is -2.51. The largest absolute Gasteiger partial charge is 0.368 e. The highest BCUT2D eigenvalue weighted by Gasteiger charge is 2.22. The van der Waals surface area contributed by atoms with Crippen molar-refractivity contribution in [2.75, 3.05) is 31.1 Å². The molecule has 1 aliphatic rings. The highest BCUT2D eigenvalue weighted by molar-refractivity contribution is 5.74. The molecule has 1 saturated heterocycles. The zero-order chi connectivity index (χ0) is 17.1. The monoisotopic (exact) mass is 328 g/mol. The summed E-state index contributed by atoms with van der Waals surface area (Å²) in [6, 6.07) is 8.17. The Balaban J connectivity index is 1.53. The van der Waals surface area contributed by atoms with Gasteiger partial charge in [0.05, 0.1) is 6.54 Å². The van der Waals surface area contributed by atoms with Crippen LogP contribution in [-0.2, 0) is 6.54 Å². The van der Waals surface area contributed by atoms with E-state index < -0.39 is 0 Å². The van der Waals surface area contributed by atoms with Gasteiger partial charge in [-0.05, 0) is 38.0 Å². The first-order chi connectivity index (χ1) is 11.5. The Labute approximate surface area is 142 Å². The number of rotatable bonds is 3. The maximum atomic E-state index is 12.3. The molecular formula is C18H24N4O2. The van der Waals surface area contributed by atoms with Gasteiger partial charge in [0.25, 0.3) is 0 Å². The topological polar surface area (TPSA) is 61.6 Å². The Hall–Kier alpha value is -2.50. The van der Waals surface area contributed by atoms with Crippen LogP contribution in [0.1, 0.15) is 22.6 Å². The van der Waals surface area contributed by atoms with Gasteiger partial charge in [-0.25, -0.2) is 4.79 Å². The molecule has 2 aromatic rings. The van der Waals surface area contributed by atoms with Crippen molar-refractivity contribution in [3.8, 4) is 0 Å². The summed E-state index contributed by atoms with van der Waals surface area (Å²) in [5.74, 6) is 0.751. The van der Waals surface area contributed by atoms with Gasteiger partial charge in [0, 0.05) is 37.9 Å². The fraction of sp³-hybridized carbons (Fsp3) is 0.444. The maximum absolute atomic E-state index is 12.3. The molecule has 0 radical (unpaired) electrons. The molecule has 1 aromatic heterocycles. The number of carbonyl (C=O) groups is 1. The van der Waals surface area contributed by atoms with E-state index in [2.05, 4.69) is 47.4 Å². The molecule has 1 aromatic carbocycles. The van der Waals surface area contributed by atoms with Crippen LogP contribution in [0.2, 0.25) is 0 Å². The first-order valence-electron chi connectivity index (χ1n) is 8.31. The molecule has 0 atom stereocenters. The predicted octanol–water partition coefficient (Wildman–Crippen LogP) is 2.63. The lowest BCUT2D eigenvalue weighted by Gasteiger charge is -2.37. The van der Waals surface area contributed by atoms with Gasteiger partial charge in [0.1, 0.15) is 11.5 Å². The van der Waals surface area contributed by atoms with Crippen LogP contribution in [0, 0.1) is 20.8 Å². The van der Waals surface area contributed by atoms with E-state index in [1.165, 1.54) is 16.8 Å². The molecule has 0 aliphatic carbocycles. The van der Waals surface area contributed by atoms with Crippen LogP contribution in [0.25, 0.3) is 0 Å². The van der Waals surface area contributed by atoms with E-state index in [9.17, 15) is 4.79 Å². The smallest absolute Gasteiger partial charge is 0.317 e. The fourth-order valence-electron chi connectivity index (χ4n) is 3.01. The van der Waals surface area contributed by atoms with E-state index in [0.29, 0.717) is 6.54 Å². The SMILES string of the molecule is Cc1cc(CNC(=O)N2CCN(c3cccc(C)c3C)CC2)no1. The third-order valence-electron chi connectivity index (χ3n) is 4.58. The van der Waals surface area contributed by atoms with E-state index in [1.54, 1.807) is 0 Å². The van der Waals surface area contributed by atoms with Crippen LogP contribution in [0.5, 0.6) is 0 Å². The molecule has 0 unspecified atom stereocenters. The number of carbonyl (C=O) groups excluding carboxylic acids is 1. The van der Waals surface area contributed by atoms with Gasteiger partial charge in [-0.15, -0.1) is 0 Å². The van der Waals surface area contributed by atoms with Crippen LogP contribution < -0.4 is 10.2 Å². The summed E-state index contributed by atoms with van der Waals surface area (Å²) in [6.45, 7) is 9.66. The van der Waals surface area contributed by atoms with E-state index in [-0.39, 0.29) is 6.03 Å². The van der Waals surface area contributed by atoms with Crippen molar-refractivity contribution in [2.24, 2.45) is 0 Å². The normalized spacial score (nSPS) is 14.8. The minimum absolute atomic E-state index is 0.0451. The molecule has 0 spiro atoms. The number of hydrogen-bond donors (Lipinski definition) is 1. The highest BCUT2D eigenvalue weighted by Crippen LogP contribution is 2.23. The van der Waals surface area contributed by atoms with Crippen LogP contribution in [-0.4, -0.2) is 42.3 Å². The Morgan fingerprint density at radius 2 is 1.96 bits per heavy atom. The van der Waals surface area contributed by atoms with Crippen molar-refractivity contribution >= 4 is 11.7 Å². The van der Waals surface area contributed by atoms with Crippen molar-refractivity contribution < 1.29 is 9.32 Å². The molecule has 0 bridgehead atoms. The third-order valence-corrected chi connectivity index (χ3v) is 4.58. The second-order valence-electron chi connectivity index (χ2n) is 6.28. The van der Waals surface area contributed by atoms with Gasteiger partial charge < -0.3 is 19.6 Å². The Morgan fingerprint density at radius 1 is 1.21 bits per heavy atom. The zero-order valence-electron chi connectivity index (χ0n) is 14.5. The minimum Gasteiger partial charge on any atom is -0.368 e. The van der Waals surface area contributed by atoms with Crippen molar-refractivity contribution in [3.63, 3.8) is 0 Å². The zero-order valence-corrected chi connectivity index (χ0v) is 14.5. The standard InChI is InChI=1S/C18H24N4O2/c1-13-5-4-6-17(15(13)3)21-7-9-22(10-8-21)18(23)19-12-16-11-14(2)24-20-16/h4-6,11H,7-10,12H2,1-3H3,(H,19,23). The summed E-state index contributed by atoms with van der Waals surface area (Å²) in [4.78, 5) is 16.5. The van der Waals surface area contributed by atoms with Gasteiger partial charge in [0.2, 0.25) is 0 Å². The van der Waals surface area contributed by atoms with E-state index in [0.717, 1.165) is 37.6 Å². The number of anilines is 1. The van der Waals surface area contributed by atoms with Crippen molar-refractivity contribution in [3.05, 3.63) is 46.8 Å². The number of nitrogens with one attached hydrogen (secondary N) is 1. The van der Waals surface area contributed by atoms with Crippen LogP contribution in [0.4, 0.5) is 10.5 Å². The number of aryl methyl sites for hydroxylation is 2. The Kier molecular flexibility index (Phi) is 4.74. The summed E-state index contributed by atoms with van der Waals surface area (Å²) >= 11 is 0. The summed E-state index contributed by atoms with van der Waals surface area (Å²) in [5.41, 5.74) is 4.63. The second kappa shape index (κ2) is 6.95. The molecule has 1 aliphatic heterocycles. The van der Waals surface area contributed by atoms with Gasteiger partial charge in [-0.3, -0.25) is 0 Å². The van der Waals surface area contributed by atoms with Crippen molar-refractivity contribution in [2.45, 2.75) is 27.3 Å². The number of hydrogen-bond acceptors (Lipinski definition) is 4. The molecule has 2 amide bonds. The average molecular weight is 328 g/mol. The van der Waals surface area contributed by atoms with E-state index >= 15 is 0 Å². The molecule has 2 heterocycles. The minimum atomic E-state index is -0.0451. The molecular weight excluding hydrogens is 304 g/mol. The van der Waals surface area contributed by atoms with Gasteiger partial charge in [0.15, 0.2) is 0 Å². The lowest BCUT2D eigenvalue weighted by molar-refractivity contribution is 0.193. The summed E-state index contributed by atoms with van der Waals surface area (Å²) in [7, 11) is 0. The molecule has 1 N–H and O–H groups in total. The first-order valence-corrected chi connectivity index (χ1v) is 8.31. The van der Waals surface area contributed by atoms with Gasteiger partial charge in [-0.1, -0.05) is 17.3 Å². The molecule has 3 rings (SSSR count). The molecule has 6 heteroatoms. The maximum Gasteiger partial charge on any atom is 0.317 e. The average Bonchev–Trinajstić information content (AvgIpc) is 3.01. The van der Waals surface area contributed by atoms with Crippen LogP contribution in [0.15, 0.2) is 28.8 Å². The molecule has 0 saturated carbocycles.